The normalized spacial score (nSPS) is 9.88. The Hall–Kier alpha value is -3.22. The number of nitrogens with zero attached hydrogens (tertiary/aromatic N) is 1. The Labute approximate surface area is 139 Å². The molecule has 2 aromatic rings. The van der Waals surface area contributed by atoms with Gasteiger partial charge in [-0.25, -0.2) is 0 Å². The first kappa shape index (κ1) is 17.1. The van der Waals surface area contributed by atoms with Crippen LogP contribution in [0.2, 0.25) is 0 Å². The highest BCUT2D eigenvalue weighted by Gasteiger charge is 2.08. The van der Waals surface area contributed by atoms with Crippen molar-refractivity contribution >= 4 is 17.7 Å². The second-order valence-electron chi connectivity index (χ2n) is 5.11. The molecule has 0 atom stereocenters. The molecular weight excluding hydrogens is 308 g/mol. The summed E-state index contributed by atoms with van der Waals surface area (Å²) in [5, 5.41) is 2.62. The van der Waals surface area contributed by atoms with Gasteiger partial charge in [0.05, 0.1) is 0 Å². The molecule has 0 aliphatic carbocycles. The molecule has 124 valence electrons. The van der Waals surface area contributed by atoms with Gasteiger partial charge in [-0.3, -0.25) is 30.2 Å². The van der Waals surface area contributed by atoms with E-state index in [2.05, 4.69) is 21.2 Å². The minimum atomic E-state index is -0.399. The Morgan fingerprint density at radius 3 is 2.17 bits per heavy atom. The van der Waals surface area contributed by atoms with Gasteiger partial charge in [0.2, 0.25) is 5.91 Å². The second-order valence-corrected chi connectivity index (χ2v) is 5.11. The van der Waals surface area contributed by atoms with Crippen LogP contribution in [0.15, 0.2) is 48.8 Å². The van der Waals surface area contributed by atoms with Crippen molar-refractivity contribution in [2.45, 2.75) is 13.3 Å². The van der Waals surface area contributed by atoms with Gasteiger partial charge in [0.15, 0.2) is 0 Å². The van der Waals surface area contributed by atoms with E-state index in [9.17, 15) is 14.4 Å². The minimum absolute atomic E-state index is 0.0466. The molecule has 0 radical (unpaired) electrons. The lowest BCUT2D eigenvalue weighted by molar-refractivity contribution is -0.121. The third-order valence-electron chi connectivity index (χ3n) is 3.21. The molecule has 1 heterocycles. The summed E-state index contributed by atoms with van der Waals surface area (Å²) >= 11 is 0. The van der Waals surface area contributed by atoms with Gasteiger partial charge in [0.1, 0.15) is 0 Å². The van der Waals surface area contributed by atoms with E-state index < -0.39 is 11.8 Å². The van der Waals surface area contributed by atoms with Gasteiger partial charge < -0.3 is 5.32 Å². The molecule has 3 amide bonds. The molecule has 0 aliphatic rings. The van der Waals surface area contributed by atoms with Crippen LogP contribution < -0.4 is 16.2 Å². The largest absolute Gasteiger partial charge is 0.352 e. The predicted molar refractivity (Wildman–Crippen MR) is 88.0 cm³/mol. The SMILES string of the molecule is Cc1ccc(C(=O)NNC(=O)CCNC(=O)c2ccncc2)cc1. The Kier molecular flexibility index (Phi) is 6.01. The number of hydrazine groups is 1. The Morgan fingerprint density at radius 1 is 0.875 bits per heavy atom. The van der Waals surface area contributed by atoms with Crippen molar-refractivity contribution in [1.82, 2.24) is 21.2 Å². The number of benzene rings is 1. The van der Waals surface area contributed by atoms with E-state index in [1.165, 1.54) is 12.4 Å². The Bertz CT molecular complexity index is 714. The molecule has 0 aliphatic heterocycles. The van der Waals surface area contributed by atoms with Crippen LogP contribution in [0, 0.1) is 6.92 Å². The van der Waals surface area contributed by atoms with Crippen molar-refractivity contribution in [2.24, 2.45) is 0 Å². The fourth-order valence-electron chi connectivity index (χ4n) is 1.86. The number of hydrogen-bond donors (Lipinski definition) is 3. The molecule has 2 rings (SSSR count). The van der Waals surface area contributed by atoms with Crippen molar-refractivity contribution in [3.63, 3.8) is 0 Å². The topological polar surface area (TPSA) is 100 Å². The fraction of sp³-hybridized carbons (Fsp3) is 0.176. The summed E-state index contributed by atoms with van der Waals surface area (Å²) in [5.41, 5.74) is 6.60. The summed E-state index contributed by atoms with van der Waals surface area (Å²) in [4.78, 5) is 39.1. The minimum Gasteiger partial charge on any atom is -0.352 e. The molecule has 7 heteroatoms. The first-order chi connectivity index (χ1) is 11.6. The van der Waals surface area contributed by atoms with Gasteiger partial charge in [0, 0.05) is 36.5 Å². The zero-order chi connectivity index (χ0) is 17.4. The first-order valence-corrected chi connectivity index (χ1v) is 7.40. The molecule has 0 saturated heterocycles. The lowest BCUT2D eigenvalue weighted by atomic mass is 10.1. The van der Waals surface area contributed by atoms with Gasteiger partial charge in [-0.2, -0.15) is 0 Å². The van der Waals surface area contributed by atoms with Crippen LogP contribution in [0.25, 0.3) is 0 Å². The molecule has 0 unspecified atom stereocenters. The maximum atomic E-state index is 11.8. The average molecular weight is 326 g/mol. The summed E-state index contributed by atoms with van der Waals surface area (Å²) < 4.78 is 0. The third-order valence-corrected chi connectivity index (χ3v) is 3.21. The van der Waals surface area contributed by atoms with Crippen LogP contribution in [-0.4, -0.2) is 29.3 Å². The van der Waals surface area contributed by atoms with E-state index in [-0.39, 0.29) is 18.9 Å². The van der Waals surface area contributed by atoms with Crippen LogP contribution >= 0.6 is 0 Å². The molecule has 0 saturated carbocycles. The molecule has 3 N–H and O–H groups in total. The average Bonchev–Trinajstić information content (AvgIpc) is 2.61. The fourth-order valence-corrected chi connectivity index (χ4v) is 1.86. The van der Waals surface area contributed by atoms with Gasteiger partial charge in [-0.1, -0.05) is 17.7 Å². The standard InChI is InChI=1S/C17H18N4O3/c1-12-2-4-13(5-3-12)17(24)21-20-15(22)8-11-19-16(23)14-6-9-18-10-7-14/h2-7,9-10H,8,11H2,1H3,(H,19,23)(H,20,22)(H,21,24). The van der Waals surface area contributed by atoms with Crippen molar-refractivity contribution in [2.75, 3.05) is 6.54 Å². The first-order valence-electron chi connectivity index (χ1n) is 7.40. The van der Waals surface area contributed by atoms with Crippen molar-refractivity contribution in [1.29, 1.82) is 0 Å². The van der Waals surface area contributed by atoms with Crippen molar-refractivity contribution in [3.05, 3.63) is 65.5 Å². The summed E-state index contributed by atoms with van der Waals surface area (Å²) in [6.45, 7) is 2.08. The highest BCUT2D eigenvalue weighted by molar-refractivity contribution is 5.96. The number of amides is 3. The molecular formula is C17H18N4O3. The molecule has 0 bridgehead atoms. The summed E-state index contributed by atoms with van der Waals surface area (Å²) in [5.74, 6) is -1.08. The number of nitrogens with one attached hydrogen (secondary N) is 3. The van der Waals surface area contributed by atoms with Crippen LogP contribution in [0.5, 0.6) is 0 Å². The van der Waals surface area contributed by atoms with E-state index in [0.29, 0.717) is 11.1 Å². The monoisotopic (exact) mass is 326 g/mol. The zero-order valence-corrected chi connectivity index (χ0v) is 13.2. The number of hydrogen-bond acceptors (Lipinski definition) is 4. The molecule has 0 spiro atoms. The lowest BCUT2D eigenvalue weighted by Gasteiger charge is -2.08. The number of aryl methyl sites for hydroxylation is 1. The number of pyridine rings is 1. The van der Waals surface area contributed by atoms with E-state index in [1.807, 2.05) is 19.1 Å². The molecule has 1 aromatic heterocycles. The smallest absolute Gasteiger partial charge is 0.269 e. The van der Waals surface area contributed by atoms with E-state index in [1.54, 1.807) is 24.3 Å². The molecule has 1 aromatic carbocycles. The van der Waals surface area contributed by atoms with Crippen LogP contribution in [0.1, 0.15) is 32.7 Å². The maximum Gasteiger partial charge on any atom is 0.269 e. The molecule has 0 fully saturated rings. The zero-order valence-electron chi connectivity index (χ0n) is 13.2. The van der Waals surface area contributed by atoms with E-state index >= 15 is 0 Å². The lowest BCUT2D eigenvalue weighted by Crippen LogP contribution is -2.42. The number of aromatic nitrogens is 1. The summed E-state index contributed by atoms with van der Waals surface area (Å²) in [6, 6.07) is 10.1. The number of carbonyl (C=O) groups is 3. The van der Waals surface area contributed by atoms with Gasteiger partial charge in [-0.15, -0.1) is 0 Å². The van der Waals surface area contributed by atoms with Crippen LogP contribution in [0.3, 0.4) is 0 Å². The predicted octanol–water partition coefficient (Wildman–Crippen LogP) is 0.971. The van der Waals surface area contributed by atoms with Crippen LogP contribution in [-0.2, 0) is 4.79 Å². The highest BCUT2D eigenvalue weighted by atomic mass is 16.2. The number of rotatable bonds is 5. The molecule has 24 heavy (non-hydrogen) atoms. The highest BCUT2D eigenvalue weighted by Crippen LogP contribution is 2.02. The summed E-state index contributed by atoms with van der Waals surface area (Å²) in [7, 11) is 0. The van der Waals surface area contributed by atoms with Gasteiger partial charge >= 0.3 is 0 Å². The summed E-state index contributed by atoms with van der Waals surface area (Å²) in [6.07, 6.45) is 3.08. The van der Waals surface area contributed by atoms with E-state index in [0.717, 1.165) is 5.56 Å². The maximum absolute atomic E-state index is 11.8. The van der Waals surface area contributed by atoms with Crippen LogP contribution in [0.4, 0.5) is 0 Å². The number of carbonyl (C=O) groups excluding carboxylic acids is 3. The Balaban J connectivity index is 1.69. The quantitative estimate of drug-likeness (QED) is 0.713. The Morgan fingerprint density at radius 2 is 1.50 bits per heavy atom. The van der Waals surface area contributed by atoms with Gasteiger partial charge in [0.25, 0.3) is 11.8 Å². The molecule has 7 nitrogen and oxygen atoms in total. The van der Waals surface area contributed by atoms with E-state index in [4.69, 9.17) is 0 Å². The van der Waals surface area contributed by atoms with Crippen molar-refractivity contribution < 1.29 is 14.4 Å². The third kappa shape index (κ3) is 5.20. The second kappa shape index (κ2) is 8.42. The van der Waals surface area contributed by atoms with Gasteiger partial charge in [-0.05, 0) is 31.2 Å². The van der Waals surface area contributed by atoms with Crippen molar-refractivity contribution in [3.8, 4) is 0 Å².